The van der Waals surface area contributed by atoms with Gasteiger partial charge in [0.05, 0.1) is 6.04 Å². The highest BCUT2D eigenvalue weighted by atomic mass is 19.1. The maximum Gasteiger partial charge on any atom is 0.240 e. The summed E-state index contributed by atoms with van der Waals surface area (Å²) in [4.78, 5) is 26.5. The summed E-state index contributed by atoms with van der Waals surface area (Å²) in [7, 11) is 0. The van der Waals surface area contributed by atoms with Crippen LogP contribution in [-0.2, 0) is 16.1 Å². The number of rotatable bonds is 4. The van der Waals surface area contributed by atoms with Crippen LogP contribution in [0.3, 0.4) is 0 Å². The van der Waals surface area contributed by atoms with Gasteiger partial charge in [-0.1, -0.05) is 32.9 Å². The van der Waals surface area contributed by atoms with Gasteiger partial charge >= 0.3 is 0 Å². The van der Waals surface area contributed by atoms with Crippen LogP contribution in [0.15, 0.2) is 24.3 Å². The Bertz CT molecular complexity index is 602. The summed E-state index contributed by atoms with van der Waals surface area (Å²) in [6.07, 6.45) is 1.27. The number of benzene rings is 1. The molecule has 0 radical (unpaired) electrons. The fourth-order valence-electron chi connectivity index (χ4n) is 2.86. The molecule has 0 spiro atoms. The molecular weight excluding hydrogens is 321 g/mol. The van der Waals surface area contributed by atoms with E-state index in [1.54, 1.807) is 17.0 Å². The van der Waals surface area contributed by atoms with E-state index in [0.717, 1.165) is 5.56 Å². The lowest BCUT2D eigenvalue weighted by Crippen LogP contribution is -2.53. The molecule has 3 N–H and O–H groups in total. The Morgan fingerprint density at radius 3 is 2.32 bits per heavy atom. The SMILES string of the molecule is CC(C)(C)[C@H](N)C(=O)N1CCC(C(=O)NCc2ccc(F)cc2)CC1. The van der Waals surface area contributed by atoms with Crippen molar-refractivity contribution in [1.29, 1.82) is 0 Å². The largest absolute Gasteiger partial charge is 0.352 e. The highest BCUT2D eigenvalue weighted by Gasteiger charge is 2.34. The monoisotopic (exact) mass is 349 g/mol. The van der Waals surface area contributed by atoms with Crippen molar-refractivity contribution in [2.45, 2.75) is 46.2 Å². The van der Waals surface area contributed by atoms with Gasteiger partial charge in [-0.2, -0.15) is 0 Å². The van der Waals surface area contributed by atoms with E-state index < -0.39 is 6.04 Å². The first-order valence-corrected chi connectivity index (χ1v) is 8.75. The fourth-order valence-corrected chi connectivity index (χ4v) is 2.86. The van der Waals surface area contributed by atoms with E-state index in [4.69, 9.17) is 5.73 Å². The first-order valence-electron chi connectivity index (χ1n) is 8.75. The lowest BCUT2D eigenvalue weighted by Gasteiger charge is -2.36. The van der Waals surface area contributed by atoms with Crippen molar-refractivity contribution in [3.05, 3.63) is 35.6 Å². The molecule has 2 rings (SSSR count). The van der Waals surface area contributed by atoms with Crippen molar-refractivity contribution in [2.75, 3.05) is 13.1 Å². The normalized spacial score (nSPS) is 17.2. The topological polar surface area (TPSA) is 75.4 Å². The van der Waals surface area contributed by atoms with Crippen LogP contribution in [0.4, 0.5) is 4.39 Å². The summed E-state index contributed by atoms with van der Waals surface area (Å²) in [6.45, 7) is 7.34. The second kappa shape index (κ2) is 7.95. The van der Waals surface area contributed by atoms with Crippen LogP contribution < -0.4 is 11.1 Å². The predicted molar refractivity (Wildman–Crippen MR) is 95.0 cm³/mol. The quantitative estimate of drug-likeness (QED) is 0.874. The smallest absolute Gasteiger partial charge is 0.240 e. The van der Waals surface area contributed by atoms with E-state index in [0.29, 0.717) is 32.5 Å². The van der Waals surface area contributed by atoms with Gasteiger partial charge in [0.25, 0.3) is 0 Å². The second-order valence-electron chi connectivity index (χ2n) is 7.79. The Balaban J connectivity index is 1.80. The molecule has 1 aliphatic rings. The van der Waals surface area contributed by atoms with E-state index >= 15 is 0 Å². The minimum atomic E-state index is -0.531. The summed E-state index contributed by atoms with van der Waals surface area (Å²) >= 11 is 0. The predicted octanol–water partition coefficient (Wildman–Crippen LogP) is 2.05. The molecule has 0 saturated carbocycles. The number of hydrogen-bond donors (Lipinski definition) is 2. The second-order valence-corrected chi connectivity index (χ2v) is 7.79. The van der Waals surface area contributed by atoms with E-state index in [1.165, 1.54) is 12.1 Å². The molecule has 0 aliphatic carbocycles. The number of hydrogen-bond acceptors (Lipinski definition) is 3. The van der Waals surface area contributed by atoms with Gasteiger partial charge in [-0.15, -0.1) is 0 Å². The Morgan fingerprint density at radius 1 is 1.24 bits per heavy atom. The van der Waals surface area contributed by atoms with E-state index in [2.05, 4.69) is 5.32 Å². The van der Waals surface area contributed by atoms with Crippen LogP contribution in [0.2, 0.25) is 0 Å². The lowest BCUT2D eigenvalue weighted by atomic mass is 9.85. The zero-order valence-electron chi connectivity index (χ0n) is 15.2. The third-order valence-corrected chi connectivity index (χ3v) is 4.76. The van der Waals surface area contributed by atoms with Crippen molar-refractivity contribution < 1.29 is 14.0 Å². The first-order chi connectivity index (χ1) is 11.7. The van der Waals surface area contributed by atoms with E-state index in [-0.39, 0.29) is 29.0 Å². The summed E-state index contributed by atoms with van der Waals surface area (Å²) in [6, 6.07) is 5.54. The van der Waals surface area contributed by atoms with E-state index in [1.807, 2.05) is 20.8 Å². The number of nitrogens with two attached hydrogens (primary N) is 1. The van der Waals surface area contributed by atoms with Crippen LogP contribution in [0.25, 0.3) is 0 Å². The highest BCUT2D eigenvalue weighted by molar-refractivity contribution is 5.83. The van der Waals surface area contributed by atoms with Crippen molar-refractivity contribution >= 4 is 11.8 Å². The molecule has 2 amide bonds. The lowest BCUT2D eigenvalue weighted by molar-refractivity contribution is -0.138. The summed E-state index contributed by atoms with van der Waals surface area (Å²) < 4.78 is 12.9. The molecule has 1 atom stereocenters. The van der Waals surface area contributed by atoms with Crippen molar-refractivity contribution in [3.63, 3.8) is 0 Å². The summed E-state index contributed by atoms with van der Waals surface area (Å²) in [5.41, 5.74) is 6.63. The Hall–Kier alpha value is -1.95. The number of carbonyl (C=O) groups is 2. The Kier molecular flexibility index (Phi) is 6.16. The molecule has 0 aromatic heterocycles. The zero-order chi connectivity index (χ0) is 18.6. The number of halogens is 1. The molecule has 138 valence electrons. The van der Waals surface area contributed by atoms with Gasteiger partial charge in [-0.25, -0.2) is 4.39 Å². The Morgan fingerprint density at radius 2 is 1.80 bits per heavy atom. The first kappa shape index (κ1) is 19.4. The molecule has 1 aliphatic heterocycles. The molecule has 5 nitrogen and oxygen atoms in total. The molecule has 1 saturated heterocycles. The molecule has 1 aromatic carbocycles. The number of nitrogens with zero attached hydrogens (tertiary/aromatic N) is 1. The van der Waals surface area contributed by atoms with Crippen LogP contribution >= 0.6 is 0 Å². The number of piperidine rings is 1. The van der Waals surface area contributed by atoms with Crippen LogP contribution in [0.1, 0.15) is 39.2 Å². The zero-order valence-corrected chi connectivity index (χ0v) is 15.2. The molecule has 1 aromatic rings. The molecule has 6 heteroatoms. The van der Waals surface area contributed by atoms with Gasteiger partial charge < -0.3 is 16.0 Å². The fraction of sp³-hybridized carbons (Fsp3) is 0.579. The van der Waals surface area contributed by atoms with Gasteiger partial charge in [0.2, 0.25) is 11.8 Å². The highest BCUT2D eigenvalue weighted by Crippen LogP contribution is 2.23. The maximum absolute atomic E-state index is 12.9. The average molecular weight is 349 g/mol. The third-order valence-electron chi connectivity index (χ3n) is 4.76. The van der Waals surface area contributed by atoms with Gasteiger partial charge in [-0.05, 0) is 36.0 Å². The number of amides is 2. The molecule has 25 heavy (non-hydrogen) atoms. The van der Waals surface area contributed by atoms with Crippen LogP contribution in [0.5, 0.6) is 0 Å². The maximum atomic E-state index is 12.9. The molecule has 0 bridgehead atoms. The number of nitrogens with one attached hydrogen (secondary N) is 1. The van der Waals surface area contributed by atoms with Gasteiger partial charge in [0, 0.05) is 25.6 Å². The summed E-state index contributed by atoms with van der Waals surface area (Å²) in [5, 5.41) is 2.89. The Labute approximate surface area is 148 Å². The average Bonchev–Trinajstić information content (AvgIpc) is 2.59. The van der Waals surface area contributed by atoms with Crippen molar-refractivity contribution in [3.8, 4) is 0 Å². The van der Waals surface area contributed by atoms with Gasteiger partial charge in [0.15, 0.2) is 0 Å². The summed E-state index contributed by atoms with van der Waals surface area (Å²) in [5.74, 6) is -0.454. The third kappa shape index (κ3) is 5.26. The van der Waals surface area contributed by atoms with Crippen molar-refractivity contribution in [2.24, 2.45) is 17.1 Å². The van der Waals surface area contributed by atoms with Crippen LogP contribution in [0, 0.1) is 17.2 Å². The minimum Gasteiger partial charge on any atom is -0.352 e. The van der Waals surface area contributed by atoms with Gasteiger partial charge in [0.1, 0.15) is 5.82 Å². The molecule has 0 unspecified atom stereocenters. The number of carbonyl (C=O) groups excluding carboxylic acids is 2. The molecule has 1 heterocycles. The van der Waals surface area contributed by atoms with Crippen molar-refractivity contribution in [1.82, 2.24) is 10.2 Å². The standard InChI is InChI=1S/C19H28FN3O2/c1-19(2,3)16(21)18(25)23-10-8-14(9-11-23)17(24)22-12-13-4-6-15(20)7-5-13/h4-7,14,16H,8-12,21H2,1-3H3,(H,22,24)/t16-/m1/s1. The molecule has 1 fully saturated rings. The minimum absolute atomic E-state index is 0.0171. The number of likely N-dealkylation sites (tertiary alicyclic amines) is 1. The van der Waals surface area contributed by atoms with Gasteiger partial charge in [-0.3, -0.25) is 9.59 Å². The van der Waals surface area contributed by atoms with Crippen LogP contribution in [-0.4, -0.2) is 35.8 Å². The van der Waals surface area contributed by atoms with E-state index in [9.17, 15) is 14.0 Å². The molecular formula is C19H28FN3O2.